The van der Waals surface area contributed by atoms with Gasteiger partial charge in [0.25, 0.3) is 0 Å². The van der Waals surface area contributed by atoms with E-state index in [9.17, 15) is 13.2 Å². The van der Waals surface area contributed by atoms with Gasteiger partial charge in [-0.15, -0.1) is 0 Å². The summed E-state index contributed by atoms with van der Waals surface area (Å²) in [6.07, 6.45) is 1.51. The van der Waals surface area contributed by atoms with Crippen molar-refractivity contribution in [2.45, 2.75) is 31.1 Å². The van der Waals surface area contributed by atoms with Crippen LogP contribution in [0.5, 0.6) is 0 Å². The molecule has 0 radical (unpaired) electrons. The molecule has 0 saturated carbocycles. The minimum Gasteiger partial charge on any atom is -0.481 e. The van der Waals surface area contributed by atoms with Crippen molar-refractivity contribution in [2.75, 3.05) is 13.1 Å². The van der Waals surface area contributed by atoms with Crippen LogP contribution in [-0.4, -0.2) is 36.9 Å². The number of piperidine rings is 1. The lowest BCUT2D eigenvalue weighted by molar-refractivity contribution is -0.138. The zero-order valence-corrected chi connectivity index (χ0v) is 12.3. The van der Waals surface area contributed by atoms with Crippen LogP contribution in [-0.2, 0) is 14.8 Å². The van der Waals surface area contributed by atoms with E-state index in [1.807, 2.05) is 0 Å². The molecule has 1 aliphatic rings. The molecular formula is C14H19NO4S. The van der Waals surface area contributed by atoms with E-state index in [1.54, 1.807) is 31.2 Å². The zero-order valence-electron chi connectivity index (χ0n) is 11.4. The first-order valence-corrected chi connectivity index (χ1v) is 8.13. The summed E-state index contributed by atoms with van der Waals surface area (Å²) in [6, 6.07) is 6.88. The lowest BCUT2D eigenvalue weighted by atomic mass is 9.96. The number of sulfonamides is 1. The van der Waals surface area contributed by atoms with Crippen molar-refractivity contribution in [3.8, 4) is 0 Å². The minimum absolute atomic E-state index is 0.0276. The molecule has 0 bridgehead atoms. The zero-order chi connectivity index (χ0) is 14.8. The number of aryl methyl sites for hydroxylation is 1. The molecule has 0 amide bonds. The van der Waals surface area contributed by atoms with Crippen LogP contribution < -0.4 is 0 Å². The maximum atomic E-state index is 12.6. The van der Waals surface area contributed by atoms with Crippen LogP contribution in [0.1, 0.15) is 24.8 Å². The molecule has 0 aliphatic carbocycles. The number of hydrogen-bond acceptors (Lipinski definition) is 3. The van der Waals surface area contributed by atoms with Gasteiger partial charge >= 0.3 is 5.97 Å². The highest BCUT2D eigenvalue weighted by molar-refractivity contribution is 7.89. The number of carbonyl (C=O) groups is 1. The first-order chi connectivity index (χ1) is 9.41. The van der Waals surface area contributed by atoms with Crippen molar-refractivity contribution in [2.24, 2.45) is 5.92 Å². The smallest absolute Gasteiger partial charge is 0.303 e. The van der Waals surface area contributed by atoms with Gasteiger partial charge in [-0.05, 0) is 37.3 Å². The maximum Gasteiger partial charge on any atom is 0.303 e. The first kappa shape index (κ1) is 15.0. The lowest BCUT2D eigenvalue weighted by Gasteiger charge is -2.31. The summed E-state index contributed by atoms with van der Waals surface area (Å²) in [5.74, 6) is -0.967. The average Bonchev–Trinajstić information content (AvgIpc) is 2.38. The molecule has 1 atom stereocenters. The van der Waals surface area contributed by atoms with E-state index in [0.29, 0.717) is 30.0 Å². The highest BCUT2D eigenvalue weighted by Crippen LogP contribution is 2.26. The summed E-state index contributed by atoms with van der Waals surface area (Å²) in [4.78, 5) is 11.1. The molecule has 1 saturated heterocycles. The second-order valence-corrected chi connectivity index (χ2v) is 7.14. The van der Waals surface area contributed by atoms with Gasteiger partial charge in [0.2, 0.25) is 10.0 Å². The number of aliphatic carboxylic acids is 1. The first-order valence-electron chi connectivity index (χ1n) is 6.69. The van der Waals surface area contributed by atoms with Crippen molar-refractivity contribution in [1.82, 2.24) is 4.31 Å². The predicted molar refractivity (Wildman–Crippen MR) is 74.9 cm³/mol. The van der Waals surface area contributed by atoms with Gasteiger partial charge in [-0.1, -0.05) is 18.2 Å². The van der Waals surface area contributed by atoms with Crippen molar-refractivity contribution >= 4 is 16.0 Å². The Bertz CT molecular complexity index is 597. The third-order valence-corrected chi connectivity index (χ3v) is 5.68. The number of rotatable bonds is 4. The molecule has 110 valence electrons. The van der Waals surface area contributed by atoms with Gasteiger partial charge in [-0.25, -0.2) is 8.42 Å². The molecule has 1 aromatic carbocycles. The van der Waals surface area contributed by atoms with Gasteiger partial charge in [-0.3, -0.25) is 4.79 Å². The Labute approximate surface area is 119 Å². The number of benzene rings is 1. The van der Waals surface area contributed by atoms with Gasteiger partial charge in [0.15, 0.2) is 0 Å². The molecule has 6 heteroatoms. The highest BCUT2D eigenvalue weighted by atomic mass is 32.2. The van der Waals surface area contributed by atoms with Crippen LogP contribution in [0.2, 0.25) is 0 Å². The molecular weight excluding hydrogens is 278 g/mol. The maximum absolute atomic E-state index is 12.6. The van der Waals surface area contributed by atoms with E-state index in [-0.39, 0.29) is 12.3 Å². The van der Waals surface area contributed by atoms with Crippen LogP contribution in [0, 0.1) is 12.8 Å². The Kier molecular flexibility index (Phi) is 4.45. The number of hydrogen-bond donors (Lipinski definition) is 1. The van der Waals surface area contributed by atoms with Crippen LogP contribution in [0.3, 0.4) is 0 Å². The quantitative estimate of drug-likeness (QED) is 0.920. The summed E-state index contributed by atoms with van der Waals surface area (Å²) in [6.45, 7) is 2.53. The fourth-order valence-electron chi connectivity index (χ4n) is 2.64. The Morgan fingerprint density at radius 2 is 2.10 bits per heavy atom. The monoisotopic (exact) mass is 297 g/mol. The summed E-state index contributed by atoms with van der Waals surface area (Å²) >= 11 is 0. The molecule has 1 N–H and O–H groups in total. The standard InChI is InChI=1S/C14H19NO4S/c1-11-5-2-3-7-13(11)20(18,19)15-8-4-6-12(10-15)9-14(16)17/h2-3,5,7,12H,4,6,8-10H2,1H3,(H,16,17). The van der Waals surface area contributed by atoms with Crippen LogP contribution in [0.25, 0.3) is 0 Å². The van der Waals surface area contributed by atoms with E-state index in [1.165, 1.54) is 4.31 Å². The topological polar surface area (TPSA) is 74.7 Å². The molecule has 0 aromatic heterocycles. The second kappa shape index (κ2) is 5.93. The lowest BCUT2D eigenvalue weighted by Crippen LogP contribution is -2.40. The highest BCUT2D eigenvalue weighted by Gasteiger charge is 2.31. The van der Waals surface area contributed by atoms with E-state index < -0.39 is 16.0 Å². The number of carboxylic acid groups (broad SMARTS) is 1. The van der Waals surface area contributed by atoms with Crippen LogP contribution in [0.15, 0.2) is 29.2 Å². The van der Waals surface area contributed by atoms with Gasteiger partial charge in [-0.2, -0.15) is 4.31 Å². The SMILES string of the molecule is Cc1ccccc1S(=O)(=O)N1CCCC(CC(=O)O)C1. The summed E-state index contributed by atoms with van der Waals surface area (Å²) in [7, 11) is -3.52. The molecule has 1 aliphatic heterocycles. The molecule has 1 heterocycles. The number of nitrogens with zero attached hydrogens (tertiary/aromatic N) is 1. The van der Waals surface area contributed by atoms with Crippen LogP contribution >= 0.6 is 0 Å². The average molecular weight is 297 g/mol. The van der Waals surface area contributed by atoms with Gasteiger partial charge in [0.1, 0.15) is 0 Å². The van der Waals surface area contributed by atoms with Crippen molar-refractivity contribution in [3.05, 3.63) is 29.8 Å². The number of carboxylic acids is 1. The van der Waals surface area contributed by atoms with Gasteiger partial charge in [0.05, 0.1) is 4.90 Å². The van der Waals surface area contributed by atoms with Crippen molar-refractivity contribution in [1.29, 1.82) is 0 Å². The molecule has 20 heavy (non-hydrogen) atoms. The second-order valence-electron chi connectivity index (χ2n) is 5.23. The molecule has 0 spiro atoms. The normalized spacial score (nSPS) is 20.8. The van der Waals surface area contributed by atoms with E-state index >= 15 is 0 Å². The van der Waals surface area contributed by atoms with E-state index in [4.69, 9.17) is 5.11 Å². The predicted octanol–water partition coefficient (Wildman–Crippen LogP) is 1.87. The van der Waals surface area contributed by atoms with Gasteiger partial charge < -0.3 is 5.11 Å². The fourth-order valence-corrected chi connectivity index (χ4v) is 4.42. The summed E-state index contributed by atoms with van der Waals surface area (Å²) < 4.78 is 26.7. The summed E-state index contributed by atoms with van der Waals surface area (Å²) in [5, 5.41) is 8.85. The van der Waals surface area contributed by atoms with Crippen LogP contribution in [0.4, 0.5) is 0 Å². The van der Waals surface area contributed by atoms with Crippen molar-refractivity contribution < 1.29 is 18.3 Å². The Hall–Kier alpha value is -1.40. The minimum atomic E-state index is -3.52. The molecule has 5 nitrogen and oxygen atoms in total. The fraction of sp³-hybridized carbons (Fsp3) is 0.500. The molecule has 1 aromatic rings. The van der Waals surface area contributed by atoms with E-state index in [2.05, 4.69) is 0 Å². The Balaban J connectivity index is 2.22. The molecule has 2 rings (SSSR count). The molecule has 1 fully saturated rings. The summed E-state index contributed by atoms with van der Waals surface area (Å²) in [5.41, 5.74) is 0.716. The largest absolute Gasteiger partial charge is 0.481 e. The third-order valence-electron chi connectivity index (χ3n) is 3.66. The van der Waals surface area contributed by atoms with Gasteiger partial charge in [0, 0.05) is 19.5 Å². The Morgan fingerprint density at radius 1 is 1.40 bits per heavy atom. The Morgan fingerprint density at radius 3 is 2.75 bits per heavy atom. The third kappa shape index (κ3) is 3.19. The molecule has 1 unspecified atom stereocenters. The van der Waals surface area contributed by atoms with Crippen molar-refractivity contribution in [3.63, 3.8) is 0 Å². The van der Waals surface area contributed by atoms with E-state index in [0.717, 1.165) is 6.42 Å².